The van der Waals surface area contributed by atoms with Gasteiger partial charge in [0.05, 0.1) is 23.3 Å². The molecule has 5 nitrogen and oxygen atoms in total. The van der Waals surface area contributed by atoms with Crippen LogP contribution in [0.3, 0.4) is 0 Å². The van der Waals surface area contributed by atoms with E-state index in [-0.39, 0.29) is 11.4 Å². The lowest BCUT2D eigenvalue weighted by atomic mass is 10.1. The minimum absolute atomic E-state index is 0.127. The molecule has 0 aliphatic rings. The summed E-state index contributed by atoms with van der Waals surface area (Å²) in [4.78, 5) is 4.50. The third-order valence-electron chi connectivity index (χ3n) is 4.05. The minimum atomic E-state index is -4.38. The summed E-state index contributed by atoms with van der Waals surface area (Å²) in [5, 5.41) is 2.33. The van der Waals surface area contributed by atoms with E-state index in [0.29, 0.717) is 28.4 Å². The fourth-order valence-electron chi connectivity index (χ4n) is 2.51. The van der Waals surface area contributed by atoms with Crippen molar-refractivity contribution in [2.24, 2.45) is 0 Å². The van der Waals surface area contributed by atoms with Gasteiger partial charge in [-0.2, -0.15) is 13.2 Å². The van der Waals surface area contributed by atoms with Gasteiger partial charge in [0.1, 0.15) is 10.8 Å². The summed E-state index contributed by atoms with van der Waals surface area (Å²) >= 11 is 1.29. The Balaban J connectivity index is 1.60. The van der Waals surface area contributed by atoms with Gasteiger partial charge in [-0.1, -0.05) is 12.1 Å². The first-order chi connectivity index (χ1) is 13.7. The van der Waals surface area contributed by atoms with Gasteiger partial charge in [0, 0.05) is 23.9 Å². The zero-order chi connectivity index (χ0) is 21.1. The molecule has 0 atom stereocenters. The number of ether oxygens (including phenoxy) is 1. The van der Waals surface area contributed by atoms with Crippen LogP contribution in [0, 0.1) is 0 Å². The van der Waals surface area contributed by atoms with Crippen LogP contribution in [-0.4, -0.2) is 27.1 Å². The number of nitrogens with one attached hydrogen (secondary N) is 1. The van der Waals surface area contributed by atoms with Gasteiger partial charge < -0.3 is 4.74 Å². The van der Waals surface area contributed by atoms with Crippen molar-refractivity contribution in [3.63, 3.8) is 0 Å². The third kappa shape index (κ3) is 5.34. The molecule has 0 amide bonds. The van der Waals surface area contributed by atoms with Crippen molar-refractivity contribution in [1.29, 1.82) is 0 Å². The number of sulfonamides is 1. The number of hydrogen-bond acceptors (Lipinski definition) is 5. The average molecular weight is 442 g/mol. The second-order valence-corrected chi connectivity index (χ2v) is 8.67. The van der Waals surface area contributed by atoms with Crippen molar-refractivity contribution in [2.75, 3.05) is 13.7 Å². The number of aromatic nitrogens is 1. The van der Waals surface area contributed by atoms with Gasteiger partial charge in [0.15, 0.2) is 0 Å². The highest BCUT2D eigenvalue weighted by Gasteiger charge is 2.30. The smallest absolute Gasteiger partial charge is 0.416 e. The van der Waals surface area contributed by atoms with Crippen LogP contribution < -0.4 is 9.46 Å². The van der Waals surface area contributed by atoms with Gasteiger partial charge in [0.25, 0.3) is 0 Å². The number of thiazole rings is 1. The third-order valence-corrected chi connectivity index (χ3v) is 6.47. The second-order valence-electron chi connectivity index (χ2n) is 6.04. The van der Waals surface area contributed by atoms with Crippen LogP contribution in [0.2, 0.25) is 0 Å². The van der Waals surface area contributed by atoms with Crippen molar-refractivity contribution < 1.29 is 26.3 Å². The molecule has 0 unspecified atom stereocenters. The van der Waals surface area contributed by atoms with E-state index in [4.69, 9.17) is 4.74 Å². The highest BCUT2D eigenvalue weighted by Crippen LogP contribution is 2.31. The van der Waals surface area contributed by atoms with E-state index in [1.165, 1.54) is 42.7 Å². The van der Waals surface area contributed by atoms with Crippen LogP contribution in [0.25, 0.3) is 10.6 Å². The Labute approximate surface area is 170 Å². The lowest BCUT2D eigenvalue weighted by Gasteiger charge is -2.07. The SMILES string of the molecule is COc1ccc(S(=O)(=O)NCCc2csc(-c3ccc(C(F)(F)F)cc3)n2)cc1. The molecule has 3 rings (SSSR count). The first-order valence-electron chi connectivity index (χ1n) is 8.45. The Morgan fingerprint density at radius 1 is 1.07 bits per heavy atom. The molecule has 154 valence electrons. The predicted octanol–water partition coefficient (Wildman–Crippen LogP) is 4.36. The minimum Gasteiger partial charge on any atom is -0.497 e. The summed E-state index contributed by atoms with van der Waals surface area (Å²) in [5.41, 5.74) is 0.515. The lowest BCUT2D eigenvalue weighted by molar-refractivity contribution is -0.137. The molecule has 3 aromatic rings. The van der Waals surface area contributed by atoms with E-state index in [1.54, 1.807) is 17.5 Å². The Hall–Kier alpha value is -2.43. The van der Waals surface area contributed by atoms with Crippen molar-refractivity contribution in [3.05, 3.63) is 65.2 Å². The van der Waals surface area contributed by atoms with Crippen molar-refractivity contribution in [3.8, 4) is 16.3 Å². The highest BCUT2D eigenvalue weighted by molar-refractivity contribution is 7.89. The standard InChI is InChI=1S/C19H17F3N2O3S2/c1-27-16-6-8-17(9-7-16)29(25,26)23-11-10-15-12-28-18(24-15)13-2-4-14(5-3-13)19(20,21)22/h2-9,12,23H,10-11H2,1H3. The van der Waals surface area contributed by atoms with E-state index in [0.717, 1.165) is 12.1 Å². The predicted molar refractivity (Wildman–Crippen MR) is 104 cm³/mol. The van der Waals surface area contributed by atoms with E-state index in [1.807, 2.05) is 0 Å². The molecule has 0 aliphatic carbocycles. The molecule has 2 aromatic carbocycles. The first kappa shape index (κ1) is 21.3. The summed E-state index contributed by atoms with van der Waals surface area (Å²) in [7, 11) is -2.16. The fraction of sp³-hybridized carbons (Fsp3) is 0.211. The van der Waals surface area contributed by atoms with Crippen LogP contribution in [0.4, 0.5) is 13.2 Å². The Morgan fingerprint density at radius 3 is 2.31 bits per heavy atom. The molecule has 10 heteroatoms. The van der Waals surface area contributed by atoms with E-state index in [2.05, 4.69) is 9.71 Å². The molecule has 0 saturated carbocycles. The molecule has 1 heterocycles. The number of alkyl halides is 3. The van der Waals surface area contributed by atoms with E-state index in [9.17, 15) is 21.6 Å². The Kier molecular flexibility index (Phi) is 6.25. The van der Waals surface area contributed by atoms with Crippen LogP contribution in [0.15, 0.2) is 58.8 Å². The lowest BCUT2D eigenvalue weighted by Crippen LogP contribution is -2.26. The normalized spacial score (nSPS) is 12.1. The van der Waals surface area contributed by atoms with Gasteiger partial charge in [0.2, 0.25) is 10.0 Å². The Bertz CT molecular complexity index is 1060. The quantitative estimate of drug-likeness (QED) is 0.591. The largest absolute Gasteiger partial charge is 0.497 e. The van der Waals surface area contributed by atoms with Crippen molar-refractivity contribution in [2.45, 2.75) is 17.5 Å². The molecular weight excluding hydrogens is 425 g/mol. The second kappa shape index (κ2) is 8.52. The van der Waals surface area contributed by atoms with Crippen LogP contribution in [0.5, 0.6) is 5.75 Å². The first-order valence-corrected chi connectivity index (χ1v) is 10.8. The van der Waals surface area contributed by atoms with E-state index < -0.39 is 21.8 Å². The molecule has 1 aromatic heterocycles. The highest BCUT2D eigenvalue weighted by atomic mass is 32.2. The number of nitrogens with zero attached hydrogens (tertiary/aromatic N) is 1. The molecular formula is C19H17F3N2O3S2. The molecule has 29 heavy (non-hydrogen) atoms. The van der Waals surface area contributed by atoms with Crippen LogP contribution in [0.1, 0.15) is 11.3 Å². The number of halogens is 3. The maximum Gasteiger partial charge on any atom is 0.416 e. The summed E-state index contributed by atoms with van der Waals surface area (Å²) in [6, 6.07) is 10.8. The van der Waals surface area contributed by atoms with Crippen molar-refractivity contribution >= 4 is 21.4 Å². The van der Waals surface area contributed by atoms with Crippen molar-refractivity contribution in [1.82, 2.24) is 9.71 Å². The molecule has 0 saturated heterocycles. The maximum absolute atomic E-state index is 12.6. The number of hydrogen-bond donors (Lipinski definition) is 1. The van der Waals surface area contributed by atoms with Gasteiger partial charge >= 0.3 is 6.18 Å². The zero-order valence-corrected chi connectivity index (χ0v) is 16.9. The van der Waals surface area contributed by atoms with E-state index >= 15 is 0 Å². The Morgan fingerprint density at radius 2 is 1.72 bits per heavy atom. The van der Waals surface area contributed by atoms with Gasteiger partial charge in [-0.15, -0.1) is 11.3 Å². The number of rotatable bonds is 7. The number of benzene rings is 2. The molecule has 0 spiro atoms. The van der Waals surface area contributed by atoms with Gasteiger partial charge in [-0.25, -0.2) is 18.1 Å². The molecule has 0 bridgehead atoms. The summed E-state index contributed by atoms with van der Waals surface area (Å²) < 4.78 is 70.1. The topological polar surface area (TPSA) is 68.3 Å². The maximum atomic E-state index is 12.6. The molecule has 1 N–H and O–H groups in total. The number of methoxy groups -OCH3 is 1. The summed E-state index contributed by atoms with van der Waals surface area (Å²) in [6.45, 7) is 0.143. The zero-order valence-electron chi connectivity index (χ0n) is 15.2. The summed E-state index contributed by atoms with van der Waals surface area (Å²) in [5.74, 6) is 0.558. The molecule has 0 aliphatic heterocycles. The van der Waals surface area contributed by atoms with Gasteiger partial charge in [-0.3, -0.25) is 0 Å². The van der Waals surface area contributed by atoms with Gasteiger partial charge in [-0.05, 0) is 36.4 Å². The van der Waals surface area contributed by atoms with Crippen LogP contribution >= 0.6 is 11.3 Å². The summed E-state index contributed by atoms with van der Waals surface area (Å²) in [6.07, 6.45) is -4.03. The molecule has 0 fully saturated rings. The molecule has 0 radical (unpaired) electrons. The van der Waals surface area contributed by atoms with Crippen LogP contribution in [-0.2, 0) is 22.6 Å². The monoisotopic (exact) mass is 442 g/mol. The average Bonchev–Trinajstić information content (AvgIpc) is 3.16. The fourth-order valence-corrected chi connectivity index (χ4v) is 4.40.